The van der Waals surface area contributed by atoms with Crippen LogP contribution in [0.5, 0.6) is 0 Å². The predicted molar refractivity (Wildman–Crippen MR) is 120 cm³/mol. The predicted octanol–water partition coefficient (Wildman–Crippen LogP) is 4.81. The number of nitrogen functional groups attached to an aromatic ring is 1. The largest absolute Gasteiger partial charge is 0.397 e. The number of ether oxygens (including phenoxy) is 1. The van der Waals surface area contributed by atoms with E-state index in [-0.39, 0.29) is 0 Å². The fourth-order valence-corrected chi connectivity index (χ4v) is 6.49. The molecule has 4 N–H and O–H groups in total. The van der Waals surface area contributed by atoms with E-state index >= 15 is 0 Å². The van der Waals surface area contributed by atoms with E-state index in [2.05, 4.69) is 22.8 Å². The van der Waals surface area contributed by atoms with E-state index in [0.29, 0.717) is 18.1 Å². The minimum Gasteiger partial charge on any atom is -0.397 e. The zero-order valence-electron chi connectivity index (χ0n) is 17.8. The zero-order valence-corrected chi connectivity index (χ0v) is 17.8. The number of nitrogens with two attached hydrogens (primary N) is 1. The molecule has 4 fully saturated rings. The van der Waals surface area contributed by atoms with Crippen molar-refractivity contribution >= 4 is 11.4 Å². The van der Waals surface area contributed by atoms with Crippen LogP contribution in [0.1, 0.15) is 64.2 Å². The van der Waals surface area contributed by atoms with Gasteiger partial charge in [0.25, 0.3) is 0 Å². The van der Waals surface area contributed by atoms with Crippen LogP contribution in [0.15, 0.2) is 24.3 Å². The molecule has 3 aliphatic carbocycles. The lowest BCUT2D eigenvalue weighted by molar-refractivity contribution is 0.0899. The highest BCUT2D eigenvalue weighted by Crippen LogP contribution is 2.44. The quantitative estimate of drug-likeness (QED) is 0.638. The summed E-state index contributed by atoms with van der Waals surface area (Å²) in [5, 5.41) is 7.87. The van der Waals surface area contributed by atoms with Crippen LogP contribution in [0.2, 0.25) is 0 Å². The van der Waals surface area contributed by atoms with Gasteiger partial charge in [-0.15, -0.1) is 0 Å². The van der Waals surface area contributed by atoms with E-state index < -0.39 is 0 Å². The molecule has 0 spiro atoms. The Balaban J connectivity index is 1.25. The van der Waals surface area contributed by atoms with Crippen LogP contribution < -0.4 is 16.4 Å². The first kappa shape index (κ1) is 19.7. The summed E-state index contributed by atoms with van der Waals surface area (Å²) in [5.41, 5.74) is 8.18. The van der Waals surface area contributed by atoms with Gasteiger partial charge in [-0.25, -0.2) is 0 Å². The van der Waals surface area contributed by atoms with E-state index in [4.69, 9.17) is 10.5 Å². The van der Waals surface area contributed by atoms with Crippen molar-refractivity contribution in [2.45, 2.75) is 82.3 Å². The monoisotopic (exact) mass is 397 g/mol. The molecule has 6 unspecified atom stereocenters. The van der Waals surface area contributed by atoms with E-state index in [1.807, 2.05) is 12.1 Å². The van der Waals surface area contributed by atoms with Gasteiger partial charge in [-0.1, -0.05) is 37.8 Å². The second-order valence-corrected chi connectivity index (χ2v) is 10.5. The van der Waals surface area contributed by atoms with Crippen molar-refractivity contribution in [3.05, 3.63) is 24.3 Å². The van der Waals surface area contributed by atoms with Gasteiger partial charge in [-0.05, 0) is 74.3 Å². The molecule has 29 heavy (non-hydrogen) atoms. The number of rotatable bonds is 4. The molecule has 0 amide bonds. The maximum Gasteiger partial charge on any atom is 0.0620 e. The summed E-state index contributed by atoms with van der Waals surface area (Å²) in [7, 11) is 0. The molecule has 0 aromatic heterocycles. The Morgan fingerprint density at radius 2 is 1.55 bits per heavy atom. The number of hydrogen-bond donors (Lipinski definition) is 3. The Hall–Kier alpha value is -1.26. The lowest BCUT2D eigenvalue weighted by atomic mass is 9.77. The van der Waals surface area contributed by atoms with Gasteiger partial charge < -0.3 is 21.1 Å². The number of para-hydroxylation sites is 2. The van der Waals surface area contributed by atoms with Crippen molar-refractivity contribution in [1.29, 1.82) is 0 Å². The number of hydrogen-bond acceptors (Lipinski definition) is 4. The molecule has 1 aliphatic heterocycles. The van der Waals surface area contributed by atoms with Crippen LogP contribution in [0, 0.1) is 23.7 Å². The molecular formula is C25H39N3O. The first-order chi connectivity index (χ1) is 14.2. The lowest BCUT2D eigenvalue weighted by Crippen LogP contribution is -2.47. The number of benzene rings is 1. The number of fused-ring (bicyclic) bond motifs is 3. The van der Waals surface area contributed by atoms with Gasteiger partial charge >= 0.3 is 0 Å². The summed E-state index contributed by atoms with van der Waals surface area (Å²) in [6, 6.07) is 9.82. The van der Waals surface area contributed by atoms with E-state index in [9.17, 15) is 0 Å². The molecule has 4 aliphatic rings. The first-order valence-corrected chi connectivity index (χ1v) is 12.2. The van der Waals surface area contributed by atoms with Crippen molar-refractivity contribution in [2.75, 3.05) is 24.3 Å². The van der Waals surface area contributed by atoms with Crippen molar-refractivity contribution < 1.29 is 4.74 Å². The van der Waals surface area contributed by atoms with Gasteiger partial charge in [0, 0.05) is 24.7 Å². The summed E-state index contributed by atoms with van der Waals surface area (Å²) < 4.78 is 6.19. The Morgan fingerprint density at radius 1 is 0.759 bits per heavy atom. The Kier molecular flexibility index (Phi) is 6.01. The summed E-state index contributed by atoms with van der Waals surface area (Å²) in [5.74, 6) is 3.52. The highest BCUT2D eigenvalue weighted by Gasteiger charge is 2.40. The van der Waals surface area contributed by atoms with Gasteiger partial charge in [0.2, 0.25) is 0 Å². The molecule has 0 radical (unpaired) electrons. The standard InChI is InChI=1S/C25H39N3O/c26-24-7-3-4-8-25(24)28-22-13-19-12-20(19)15-29-16-23(14-22)27-21-10-17-5-1-2-6-18(9-17)11-21/h3-4,7-8,17-23,27-28H,1-2,5-6,9-16,26H2. The van der Waals surface area contributed by atoms with Gasteiger partial charge in [0.05, 0.1) is 18.0 Å². The molecule has 1 aromatic carbocycles. The highest BCUT2D eigenvalue weighted by atomic mass is 16.5. The lowest BCUT2D eigenvalue weighted by Gasteiger charge is -2.37. The van der Waals surface area contributed by atoms with Gasteiger partial charge in [0.1, 0.15) is 0 Å². The van der Waals surface area contributed by atoms with Crippen LogP contribution in [0.4, 0.5) is 11.4 Å². The normalized spacial score (nSPS) is 39.9. The number of nitrogens with one attached hydrogen (secondary N) is 2. The third-order valence-electron chi connectivity index (χ3n) is 8.05. The molecule has 1 heterocycles. The van der Waals surface area contributed by atoms with E-state index in [1.54, 1.807) is 0 Å². The second kappa shape index (κ2) is 8.85. The van der Waals surface area contributed by atoms with Crippen molar-refractivity contribution in [3.63, 3.8) is 0 Å². The van der Waals surface area contributed by atoms with E-state index in [0.717, 1.165) is 54.7 Å². The third-order valence-corrected chi connectivity index (χ3v) is 8.05. The molecule has 4 heteroatoms. The summed E-state index contributed by atoms with van der Waals surface area (Å²) in [4.78, 5) is 0. The smallest absolute Gasteiger partial charge is 0.0620 e. The summed E-state index contributed by atoms with van der Waals surface area (Å²) in [6.07, 6.45) is 13.8. The van der Waals surface area contributed by atoms with Gasteiger partial charge in [-0.2, -0.15) is 0 Å². The van der Waals surface area contributed by atoms with Crippen molar-refractivity contribution in [2.24, 2.45) is 23.7 Å². The van der Waals surface area contributed by atoms with Crippen molar-refractivity contribution in [1.82, 2.24) is 5.32 Å². The maximum atomic E-state index is 6.23. The van der Waals surface area contributed by atoms with Crippen molar-refractivity contribution in [3.8, 4) is 0 Å². The SMILES string of the molecule is Nc1ccccc1NC1CC(NC2CC3CCCCC(C3)C2)COCC2CC2C1. The molecule has 160 valence electrons. The highest BCUT2D eigenvalue weighted by molar-refractivity contribution is 5.66. The minimum absolute atomic E-state index is 0.445. The van der Waals surface area contributed by atoms with Gasteiger partial charge in [-0.3, -0.25) is 0 Å². The van der Waals surface area contributed by atoms with E-state index in [1.165, 1.54) is 57.8 Å². The maximum absolute atomic E-state index is 6.23. The number of anilines is 2. The van der Waals surface area contributed by atoms with Crippen LogP contribution in [-0.2, 0) is 4.74 Å². The molecule has 3 saturated carbocycles. The van der Waals surface area contributed by atoms with Crippen LogP contribution in [0.3, 0.4) is 0 Å². The average molecular weight is 398 g/mol. The molecule has 2 bridgehead atoms. The van der Waals surface area contributed by atoms with Crippen LogP contribution >= 0.6 is 0 Å². The third kappa shape index (κ3) is 5.08. The molecule has 4 nitrogen and oxygen atoms in total. The Labute approximate surface area is 176 Å². The first-order valence-electron chi connectivity index (χ1n) is 12.2. The zero-order chi connectivity index (χ0) is 19.6. The molecular weight excluding hydrogens is 358 g/mol. The molecule has 6 atom stereocenters. The fourth-order valence-electron chi connectivity index (χ4n) is 6.49. The summed E-state index contributed by atoms with van der Waals surface area (Å²) in [6.45, 7) is 1.82. The molecule has 1 aromatic rings. The van der Waals surface area contributed by atoms with Crippen LogP contribution in [-0.4, -0.2) is 31.3 Å². The molecule has 1 saturated heterocycles. The second-order valence-electron chi connectivity index (χ2n) is 10.5. The average Bonchev–Trinajstić information content (AvgIpc) is 3.45. The fraction of sp³-hybridized carbons (Fsp3) is 0.760. The summed E-state index contributed by atoms with van der Waals surface area (Å²) >= 11 is 0. The Bertz CT molecular complexity index is 666. The topological polar surface area (TPSA) is 59.3 Å². The minimum atomic E-state index is 0.445. The van der Waals surface area contributed by atoms with Gasteiger partial charge in [0.15, 0.2) is 0 Å². The molecule has 5 rings (SSSR count). The van der Waals surface area contributed by atoms with Crippen LogP contribution in [0.25, 0.3) is 0 Å². The Morgan fingerprint density at radius 3 is 2.34 bits per heavy atom.